The van der Waals surface area contributed by atoms with E-state index in [0.29, 0.717) is 0 Å². The Labute approximate surface area is 158 Å². The van der Waals surface area contributed by atoms with Crippen LogP contribution in [0.4, 0.5) is 18.9 Å². The van der Waals surface area contributed by atoms with Crippen molar-refractivity contribution >= 4 is 17.6 Å². The summed E-state index contributed by atoms with van der Waals surface area (Å²) in [6.07, 6.45) is 1.60. The van der Waals surface area contributed by atoms with Crippen LogP contribution in [0.15, 0.2) is 30.6 Å². The minimum atomic E-state index is -5.08. The Balaban J connectivity index is 0.000000279. The topological polar surface area (TPSA) is 98.3 Å². The number of hydrogen-bond acceptors (Lipinski definition) is 4. The van der Waals surface area contributed by atoms with Crippen LogP contribution >= 0.6 is 0 Å². The summed E-state index contributed by atoms with van der Waals surface area (Å²) < 4.78 is 31.7. The molecule has 0 aliphatic carbocycles. The van der Waals surface area contributed by atoms with E-state index in [0.717, 1.165) is 43.6 Å². The quantitative estimate of drug-likeness (QED) is 0.724. The number of aliphatic carboxylic acids is 1. The Bertz CT molecular complexity index is 846. The van der Waals surface area contributed by atoms with Gasteiger partial charge in [0.15, 0.2) is 0 Å². The molecule has 0 radical (unpaired) electrons. The molecule has 1 aromatic heterocycles. The number of benzene rings is 1. The van der Waals surface area contributed by atoms with E-state index in [-0.39, 0.29) is 11.9 Å². The van der Waals surface area contributed by atoms with Gasteiger partial charge in [0.25, 0.3) is 0 Å². The molecule has 2 aliphatic heterocycles. The third kappa shape index (κ3) is 4.16. The molecule has 3 heterocycles. The average molecular weight is 396 g/mol. The number of nitrogens with zero attached hydrogens (tertiary/aromatic N) is 2. The van der Waals surface area contributed by atoms with Gasteiger partial charge in [0.05, 0.1) is 12.2 Å². The number of carbonyl (C=O) groups is 2. The second kappa shape index (κ2) is 8.01. The van der Waals surface area contributed by atoms with Crippen LogP contribution in [0.5, 0.6) is 0 Å². The van der Waals surface area contributed by atoms with Crippen LogP contribution in [0.3, 0.4) is 0 Å². The van der Waals surface area contributed by atoms with Crippen LogP contribution in [0.25, 0.3) is 11.1 Å². The van der Waals surface area contributed by atoms with Crippen LogP contribution in [0.1, 0.15) is 18.4 Å². The zero-order chi connectivity index (χ0) is 20.3. The maximum absolute atomic E-state index is 12.7. The first-order valence-corrected chi connectivity index (χ1v) is 8.75. The van der Waals surface area contributed by atoms with Crippen molar-refractivity contribution in [1.82, 2.24) is 15.5 Å². The predicted octanol–water partition coefficient (Wildman–Crippen LogP) is 2.35. The molecule has 150 valence electrons. The number of aromatic amines is 1. The fourth-order valence-electron chi connectivity index (χ4n) is 3.42. The molecule has 0 saturated carbocycles. The number of halogens is 3. The zero-order valence-electron chi connectivity index (χ0n) is 14.8. The van der Waals surface area contributed by atoms with Gasteiger partial charge in [-0.25, -0.2) is 4.79 Å². The number of nitrogens with one attached hydrogen (secondary N) is 2. The van der Waals surface area contributed by atoms with Crippen LogP contribution < -0.4 is 10.2 Å². The van der Waals surface area contributed by atoms with Gasteiger partial charge < -0.3 is 15.3 Å². The van der Waals surface area contributed by atoms with Gasteiger partial charge in [-0.2, -0.15) is 18.3 Å². The minimum Gasteiger partial charge on any atom is -0.475 e. The largest absolute Gasteiger partial charge is 0.490 e. The fraction of sp³-hybridized carbons (Fsp3) is 0.389. The average Bonchev–Trinajstić information content (AvgIpc) is 3.41. The highest BCUT2D eigenvalue weighted by molar-refractivity contribution is 6.00. The molecule has 3 N–H and O–H groups in total. The summed E-state index contributed by atoms with van der Waals surface area (Å²) in [5.41, 5.74) is 4.58. The lowest BCUT2D eigenvalue weighted by Gasteiger charge is -2.21. The molecule has 28 heavy (non-hydrogen) atoms. The molecule has 2 aromatic rings. The lowest BCUT2D eigenvalue weighted by atomic mass is 10.0. The number of anilines is 1. The highest BCUT2D eigenvalue weighted by Gasteiger charge is 2.38. The van der Waals surface area contributed by atoms with E-state index >= 15 is 0 Å². The molecule has 1 saturated heterocycles. The van der Waals surface area contributed by atoms with Crippen molar-refractivity contribution in [3.05, 3.63) is 36.2 Å². The van der Waals surface area contributed by atoms with Crippen LogP contribution in [-0.4, -0.2) is 52.5 Å². The highest BCUT2D eigenvalue weighted by Crippen LogP contribution is 2.36. The summed E-state index contributed by atoms with van der Waals surface area (Å²) in [4.78, 5) is 23.5. The first-order valence-electron chi connectivity index (χ1n) is 8.75. The minimum absolute atomic E-state index is 0.00599. The number of carboxylic acid groups (broad SMARTS) is 1. The lowest BCUT2D eigenvalue weighted by Crippen LogP contribution is -2.42. The van der Waals surface area contributed by atoms with Crippen molar-refractivity contribution in [1.29, 1.82) is 0 Å². The number of aromatic nitrogens is 2. The third-order valence-corrected chi connectivity index (χ3v) is 4.70. The smallest absolute Gasteiger partial charge is 0.475 e. The molecule has 0 unspecified atom stereocenters. The molecule has 0 bridgehead atoms. The van der Waals surface area contributed by atoms with Gasteiger partial charge in [-0.3, -0.25) is 9.89 Å². The molecule has 10 heteroatoms. The molecule has 0 spiro atoms. The molecule has 4 rings (SSSR count). The van der Waals surface area contributed by atoms with Gasteiger partial charge >= 0.3 is 12.1 Å². The molecular formula is C18H19F3N4O3. The van der Waals surface area contributed by atoms with E-state index in [4.69, 9.17) is 9.90 Å². The van der Waals surface area contributed by atoms with E-state index in [1.54, 1.807) is 0 Å². The summed E-state index contributed by atoms with van der Waals surface area (Å²) in [6, 6.07) is 6.17. The van der Waals surface area contributed by atoms with Gasteiger partial charge in [-0.05, 0) is 43.0 Å². The van der Waals surface area contributed by atoms with E-state index in [9.17, 15) is 18.0 Å². The maximum atomic E-state index is 12.7. The number of carbonyl (C=O) groups excluding carboxylic acids is 1. The van der Waals surface area contributed by atoms with Crippen molar-refractivity contribution in [3.8, 4) is 11.1 Å². The van der Waals surface area contributed by atoms with Gasteiger partial charge in [0, 0.05) is 24.0 Å². The second-order valence-corrected chi connectivity index (χ2v) is 6.48. The molecule has 7 nitrogen and oxygen atoms in total. The third-order valence-electron chi connectivity index (χ3n) is 4.70. The SMILES string of the molecule is O=C(O)C(F)(F)F.O=C([C@@H]1CCCN1)N1CCc2c(-c3cn[nH]c3)cccc21. The number of fused-ring (bicyclic) bond motifs is 1. The summed E-state index contributed by atoms with van der Waals surface area (Å²) in [7, 11) is 0. The zero-order valence-corrected chi connectivity index (χ0v) is 14.8. The molecule has 1 amide bonds. The summed E-state index contributed by atoms with van der Waals surface area (Å²) >= 11 is 0. The first kappa shape index (κ1) is 19.9. The lowest BCUT2D eigenvalue weighted by molar-refractivity contribution is -0.192. The molecule has 1 fully saturated rings. The van der Waals surface area contributed by atoms with E-state index < -0.39 is 12.1 Å². The Morgan fingerprint density at radius 1 is 1.29 bits per heavy atom. The van der Waals surface area contributed by atoms with E-state index in [1.165, 1.54) is 11.1 Å². The molecule has 1 atom stereocenters. The van der Waals surface area contributed by atoms with Crippen LogP contribution in [0, 0.1) is 0 Å². The summed E-state index contributed by atoms with van der Waals surface area (Å²) in [6.45, 7) is 1.73. The second-order valence-electron chi connectivity index (χ2n) is 6.48. The monoisotopic (exact) mass is 396 g/mol. The maximum Gasteiger partial charge on any atom is 0.490 e. The number of H-pyrrole nitrogens is 1. The molecular weight excluding hydrogens is 377 g/mol. The number of rotatable bonds is 2. The van der Waals surface area contributed by atoms with Crippen LogP contribution in [0.2, 0.25) is 0 Å². The Hall–Kier alpha value is -2.88. The standard InChI is InChI=1S/C16H18N4O.C2HF3O2/c21-16(14-4-2-7-17-14)20-8-6-13-12(3-1-5-15(13)20)11-9-18-19-10-11;3-2(4,5)1(6)7/h1,3,5,9-10,14,17H,2,4,6-8H2,(H,18,19);(H,6,7)/t14-;/m0./s1. The first-order chi connectivity index (χ1) is 13.3. The van der Waals surface area contributed by atoms with Gasteiger partial charge in [0.1, 0.15) is 0 Å². The summed E-state index contributed by atoms with van der Waals surface area (Å²) in [5, 5.41) is 17.3. The number of amides is 1. The van der Waals surface area contributed by atoms with Crippen LogP contribution in [-0.2, 0) is 16.0 Å². The fourth-order valence-corrected chi connectivity index (χ4v) is 3.42. The van der Waals surface area contributed by atoms with Crippen molar-refractivity contribution in [2.75, 3.05) is 18.0 Å². The Morgan fingerprint density at radius 2 is 2.04 bits per heavy atom. The Kier molecular flexibility index (Phi) is 5.68. The Morgan fingerprint density at radius 3 is 2.61 bits per heavy atom. The van der Waals surface area contributed by atoms with Gasteiger partial charge in [-0.15, -0.1) is 0 Å². The predicted molar refractivity (Wildman–Crippen MR) is 94.8 cm³/mol. The van der Waals surface area contributed by atoms with E-state index in [1.807, 2.05) is 23.4 Å². The van der Waals surface area contributed by atoms with Crippen molar-refractivity contribution < 1.29 is 27.9 Å². The highest BCUT2D eigenvalue weighted by atomic mass is 19.4. The van der Waals surface area contributed by atoms with Crippen molar-refractivity contribution in [3.63, 3.8) is 0 Å². The van der Waals surface area contributed by atoms with Gasteiger partial charge in [0.2, 0.25) is 5.91 Å². The molecule has 2 aliphatic rings. The van der Waals surface area contributed by atoms with Gasteiger partial charge in [-0.1, -0.05) is 12.1 Å². The normalized spacial score (nSPS) is 18.4. The molecule has 1 aromatic carbocycles. The van der Waals surface area contributed by atoms with Crippen molar-refractivity contribution in [2.45, 2.75) is 31.5 Å². The number of carboxylic acids is 1. The number of hydrogen-bond donors (Lipinski definition) is 3. The summed E-state index contributed by atoms with van der Waals surface area (Å²) in [5.74, 6) is -2.54. The van der Waals surface area contributed by atoms with E-state index in [2.05, 4.69) is 27.6 Å². The number of alkyl halides is 3. The van der Waals surface area contributed by atoms with Crippen molar-refractivity contribution in [2.24, 2.45) is 0 Å².